The minimum Gasteiger partial charge on any atom is -0.370 e. The van der Waals surface area contributed by atoms with Gasteiger partial charge in [-0.05, 0) is 52.0 Å². The van der Waals surface area contributed by atoms with E-state index >= 15 is 0 Å². The number of amides is 2. The van der Waals surface area contributed by atoms with Gasteiger partial charge in [0, 0.05) is 10.0 Å². The van der Waals surface area contributed by atoms with Crippen LogP contribution in [0.25, 0.3) is 0 Å². The van der Waals surface area contributed by atoms with E-state index in [-0.39, 0.29) is 0 Å². The van der Waals surface area contributed by atoms with Gasteiger partial charge in [0.1, 0.15) is 6.04 Å². The molecule has 0 aliphatic rings. The van der Waals surface area contributed by atoms with Gasteiger partial charge in [-0.2, -0.15) is 0 Å². The fourth-order valence-corrected chi connectivity index (χ4v) is 2.18. The summed E-state index contributed by atoms with van der Waals surface area (Å²) in [4.78, 5) is 24.0. The molecule has 0 aliphatic carbocycles. The van der Waals surface area contributed by atoms with Crippen molar-refractivity contribution in [2.24, 2.45) is 0 Å². The quantitative estimate of drug-likeness (QED) is 0.546. The second kappa shape index (κ2) is 7.71. The van der Waals surface area contributed by atoms with Crippen LogP contribution in [0.3, 0.4) is 0 Å². The molecular weight excluding hydrogens is 352 g/mol. The van der Waals surface area contributed by atoms with E-state index < -0.39 is 29.6 Å². The average Bonchev–Trinajstić information content (AvgIpc) is 2.42. The van der Waals surface area contributed by atoms with Crippen molar-refractivity contribution < 1.29 is 19.5 Å². The van der Waals surface area contributed by atoms with E-state index in [0.29, 0.717) is 5.56 Å². The first-order valence-corrected chi connectivity index (χ1v) is 7.61. The van der Waals surface area contributed by atoms with Crippen LogP contribution >= 0.6 is 15.9 Å². The Balaban J connectivity index is 2.87. The predicted octanol–water partition coefficient (Wildman–Crippen LogP) is 2.26. The van der Waals surface area contributed by atoms with Gasteiger partial charge in [-0.25, -0.2) is 5.48 Å². The normalized spacial score (nSPS) is 14.1. The third-order valence-electron chi connectivity index (χ3n) is 2.79. The van der Waals surface area contributed by atoms with Crippen LogP contribution in [0.4, 0.5) is 0 Å². The minimum absolute atomic E-state index is 0.405. The number of nitrogens with one attached hydrogen (secondary N) is 2. The molecule has 0 heterocycles. The summed E-state index contributed by atoms with van der Waals surface area (Å²) in [7, 11) is 0. The van der Waals surface area contributed by atoms with Crippen molar-refractivity contribution in [1.29, 1.82) is 0 Å². The molecule has 1 rings (SSSR count). The SMILES string of the molecule is CC(OC(C)(C)C)C(NC(=O)c1ccc(Br)cc1)C(=O)NO. The molecule has 0 saturated carbocycles. The zero-order valence-electron chi connectivity index (χ0n) is 13.0. The first-order valence-electron chi connectivity index (χ1n) is 6.82. The number of carbonyl (C=O) groups excluding carboxylic acids is 2. The number of hydroxylamine groups is 1. The lowest BCUT2D eigenvalue weighted by molar-refractivity contribution is -0.138. The summed E-state index contributed by atoms with van der Waals surface area (Å²) in [5.74, 6) is -1.16. The third kappa shape index (κ3) is 5.75. The molecule has 2 atom stereocenters. The predicted molar refractivity (Wildman–Crippen MR) is 85.6 cm³/mol. The number of benzene rings is 1. The van der Waals surface area contributed by atoms with E-state index in [9.17, 15) is 9.59 Å². The summed E-state index contributed by atoms with van der Waals surface area (Å²) in [6.45, 7) is 7.18. The van der Waals surface area contributed by atoms with Gasteiger partial charge < -0.3 is 10.1 Å². The van der Waals surface area contributed by atoms with E-state index in [1.54, 1.807) is 36.7 Å². The summed E-state index contributed by atoms with van der Waals surface area (Å²) < 4.78 is 6.53. The standard InChI is InChI=1S/C15H21BrN2O4/c1-9(22-15(2,3)4)12(14(20)18-21)17-13(19)10-5-7-11(16)8-6-10/h5-9,12,21H,1-4H3,(H,17,19)(H,18,20). The Hall–Kier alpha value is -1.44. The average molecular weight is 373 g/mol. The van der Waals surface area contributed by atoms with Crippen LogP contribution in [0.5, 0.6) is 0 Å². The zero-order valence-corrected chi connectivity index (χ0v) is 14.6. The number of carbonyl (C=O) groups is 2. The van der Waals surface area contributed by atoms with Crippen LogP contribution in [0.1, 0.15) is 38.1 Å². The van der Waals surface area contributed by atoms with E-state index in [0.717, 1.165) is 4.47 Å². The number of halogens is 1. The van der Waals surface area contributed by atoms with Crippen molar-refractivity contribution in [2.45, 2.75) is 45.4 Å². The molecule has 0 aromatic heterocycles. The molecule has 2 unspecified atom stereocenters. The lowest BCUT2D eigenvalue weighted by Crippen LogP contribution is -2.53. The van der Waals surface area contributed by atoms with Gasteiger partial charge in [0.25, 0.3) is 11.8 Å². The smallest absolute Gasteiger partial charge is 0.268 e. The Morgan fingerprint density at radius 1 is 1.23 bits per heavy atom. The van der Waals surface area contributed by atoms with E-state index in [2.05, 4.69) is 21.2 Å². The molecule has 122 valence electrons. The second-order valence-corrected chi connectivity index (χ2v) is 6.79. The summed E-state index contributed by atoms with van der Waals surface area (Å²) in [6, 6.07) is 5.70. The molecule has 0 radical (unpaired) electrons. The van der Waals surface area contributed by atoms with Gasteiger partial charge in [0.2, 0.25) is 0 Å². The van der Waals surface area contributed by atoms with Gasteiger partial charge in [0.05, 0.1) is 11.7 Å². The van der Waals surface area contributed by atoms with Crippen molar-refractivity contribution in [3.05, 3.63) is 34.3 Å². The van der Waals surface area contributed by atoms with E-state index in [4.69, 9.17) is 9.94 Å². The highest BCUT2D eigenvalue weighted by Gasteiger charge is 2.30. The molecule has 0 saturated heterocycles. The van der Waals surface area contributed by atoms with Crippen molar-refractivity contribution in [1.82, 2.24) is 10.8 Å². The van der Waals surface area contributed by atoms with Gasteiger partial charge in [-0.3, -0.25) is 14.8 Å². The Morgan fingerprint density at radius 2 is 1.77 bits per heavy atom. The first kappa shape index (κ1) is 18.6. The molecule has 1 aromatic rings. The second-order valence-electron chi connectivity index (χ2n) is 5.87. The molecular formula is C15H21BrN2O4. The summed E-state index contributed by atoms with van der Waals surface area (Å²) in [6.07, 6.45) is -0.619. The lowest BCUT2D eigenvalue weighted by Gasteiger charge is -2.30. The third-order valence-corrected chi connectivity index (χ3v) is 3.32. The van der Waals surface area contributed by atoms with Crippen LogP contribution in [-0.2, 0) is 9.53 Å². The maximum absolute atomic E-state index is 12.2. The fourth-order valence-electron chi connectivity index (χ4n) is 1.92. The highest BCUT2D eigenvalue weighted by Crippen LogP contribution is 2.14. The molecule has 0 aliphatic heterocycles. The van der Waals surface area contributed by atoms with Crippen LogP contribution in [0.2, 0.25) is 0 Å². The molecule has 22 heavy (non-hydrogen) atoms. The summed E-state index contributed by atoms with van der Waals surface area (Å²) in [5.41, 5.74) is 1.47. The lowest BCUT2D eigenvalue weighted by atomic mass is 10.1. The largest absolute Gasteiger partial charge is 0.370 e. The summed E-state index contributed by atoms with van der Waals surface area (Å²) in [5, 5.41) is 11.4. The highest BCUT2D eigenvalue weighted by molar-refractivity contribution is 9.10. The first-order chi connectivity index (χ1) is 10.1. The van der Waals surface area contributed by atoms with Gasteiger partial charge >= 0.3 is 0 Å². The van der Waals surface area contributed by atoms with Gasteiger partial charge in [0.15, 0.2) is 0 Å². The van der Waals surface area contributed by atoms with Crippen LogP contribution in [0.15, 0.2) is 28.7 Å². The van der Waals surface area contributed by atoms with Gasteiger partial charge in [-0.1, -0.05) is 15.9 Å². The fraction of sp³-hybridized carbons (Fsp3) is 0.467. The van der Waals surface area contributed by atoms with Crippen molar-refractivity contribution in [2.75, 3.05) is 0 Å². The van der Waals surface area contributed by atoms with E-state index in [1.165, 1.54) is 0 Å². The Morgan fingerprint density at radius 3 is 2.23 bits per heavy atom. The Kier molecular flexibility index (Phi) is 6.52. The monoisotopic (exact) mass is 372 g/mol. The number of hydrogen-bond donors (Lipinski definition) is 3. The number of ether oxygens (including phenoxy) is 1. The Bertz CT molecular complexity index is 525. The molecule has 0 fully saturated rings. The van der Waals surface area contributed by atoms with Crippen LogP contribution < -0.4 is 10.8 Å². The molecule has 3 N–H and O–H groups in total. The van der Waals surface area contributed by atoms with E-state index in [1.807, 2.05) is 20.8 Å². The maximum Gasteiger partial charge on any atom is 0.268 e. The number of hydrogen-bond acceptors (Lipinski definition) is 4. The minimum atomic E-state index is -1.01. The topological polar surface area (TPSA) is 87.7 Å². The zero-order chi connectivity index (χ0) is 16.9. The highest BCUT2D eigenvalue weighted by atomic mass is 79.9. The van der Waals surface area contributed by atoms with Crippen LogP contribution in [-0.4, -0.2) is 34.8 Å². The van der Waals surface area contributed by atoms with Gasteiger partial charge in [-0.15, -0.1) is 0 Å². The molecule has 7 heteroatoms. The van der Waals surface area contributed by atoms with Crippen molar-refractivity contribution in [3.63, 3.8) is 0 Å². The van der Waals surface area contributed by atoms with Crippen molar-refractivity contribution in [3.8, 4) is 0 Å². The molecule has 2 amide bonds. The summed E-state index contributed by atoms with van der Waals surface area (Å²) >= 11 is 3.29. The van der Waals surface area contributed by atoms with Crippen LogP contribution in [0, 0.1) is 0 Å². The molecule has 1 aromatic carbocycles. The molecule has 0 spiro atoms. The molecule has 6 nitrogen and oxygen atoms in total. The number of rotatable bonds is 5. The molecule has 0 bridgehead atoms. The van der Waals surface area contributed by atoms with Crippen molar-refractivity contribution >= 4 is 27.7 Å². The maximum atomic E-state index is 12.2. The Labute approximate surface area is 138 Å².